The second-order valence-electron chi connectivity index (χ2n) is 2.88. The van der Waals surface area contributed by atoms with Crippen molar-refractivity contribution in [2.24, 2.45) is 0 Å². The lowest BCUT2D eigenvalue weighted by Crippen LogP contribution is -2.27. The molecule has 0 radical (unpaired) electrons. The molecule has 74 valence electrons. The molecule has 0 aromatic heterocycles. The highest BCUT2D eigenvalue weighted by molar-refractivity contribution is 5.17. The number of halogens is 3. The van der Waals surface area contributed by atoms with Crippen molar-refractivity contribution < 1.29 is 13.2 Å². The Balaban J connectivity index is 2.74. The Labute approximate surface area is 80.0 Å². The smallest absolute Gasteiger partial charge is 0.303 e. The molecule has 1 aromatic carbocycles. The van der Waals surface area contributed by atoms with Crippen molar-refractivity contribution >= 4 is 0 Å². The minimum absolute atomic E-state index is 0.270. The van der Waals surface area contributed by atoms with Crippen molar-refractivity contribution in [3.05, 3.63) is 47.3 Å². The standard InChI is InChI=1S/C10H8F3N/c1-14-9(10(11,12)13)7-8-5-3-2-4-6-8/h2-6,9H,7H2. The summed E-state index contributed by atoms with van der Waals surface area (Å²) in [6.07, 6.45) is -4.70. The van der Waals surface area contributed by atoms with Crippen LogP contribution in [-0.4, -0.2) is 12.2 Å². The van der Waals surface area contributed by atoms with Crippen molar-refractivity contribution in [2.45, 2.75) is 18.6 Å². The van der Waals surface area contributed by atoms with Crippen molar-refractivity contribution in [1.82, 2.24) is 0 Å². The number of benzene rings is 1. The van der Waals surface area contributed by atoms with E-state index in [-0.39, 0.29) is 6.42 Å². The molecule has 0 amide bonds. The minimum Gasteiger partial charge on any atom is -0.303 e. The quantitative estimate of drug-likeness (QED) is 0.645. The summed E-state index contributed by atoms with van der Waals surface area (Å²) in [6, 6.07) is 6.29. The van der Waals surface area contributed by atoms with E-state index >= 15 is 0 Å². The number of rotatable bonds is 2. The molecule has 0 saturated carbocycles. The summed E-state index contributed by atoms with van der Waals surface area (Å²) >= 11 is 0. The Bertz CT molecular complexity index is 323. The Morgan fingerprint density at radius 2 is 1.79 bits per heavy atom. The SMILES string of the molecule is [C-]#[N+]C(Cc1ccccc1)C(F)(F)F. The van der Waals surface area contributed by atoms with E-state index in [0.29, 0.717) is 5.56 Å². The summed E-state index contributed by atoms with van der Waals surface area (Å²) in [4.78, 5) is 2.58. The molecule has 0 heterocycles. The Morgan fingerprint density at radius 1 is 1.21 bits per heavy atom. The largest absolute Gasteiger partial charge is 0.466 e. The summed E-state index contributed by atoms with van der Waals surface area (Å²) in [5.74, 6) is 0. The summed E-state index contributed by atoms with van der Waals surface area (Å²) in [5, 5.41) is 0. The zero-order valence-electron chi connectivity index (χ0n) is 7.25. The van der Waals surface area contributed by atoms with E-state index in [9.17, 15) is 13.2 Å². The van der Waals surface area contributed by atoms with Crippen molar-refractivity contribution in [1.29, 1.82) is 0 Å². The van der Waals surface area contributed by atoms with Gasteiger partial charge in [-0.2, -0.15) is 13.2 Å². The van der Waals surface area contributed by atoms with Gasteiger partial charge < -0.3 is 4.85 Å². The third kappa shape index (κ3) is 2.77. The lowest BCUT2D eigenvalue weighted by atomic mass is 10.1. The average Bonchev–Trinajstić information content (AvgIpc) is 2.14. The molecule has 0 N–H and O–H groups in total. The van der Waals surface area contributed by atoms with Crippen LogP contribution >= 0.6 is 0 Å². The van der Waals surface area contributed by atoms with Crippen molar-refractivity contribution in [3.8, 4) is 0 Å². The first kappa shape index (κ1) is 10.6. The molecule has 0 bridgehead atoms. The van der Waals surface area contributed by atoms with Crippen molar-refractivity contribution in [2.75, 3.05) is 0 Å². The van der Waals surface area contributed by atoms with Crippen LogP contribution in [0.1, 0.15) is 5.56 Å². The van der Waals surface area contributed by atoms with Crippen LogP contribution in [0, 0.1) is 6.57 Å². The fourth-order valence-corrected chi connectivity index (χ4v) is 1.07. The van der Waals surface area contributed by atoms with E-state index in [1.807, 2.05) is 0 Å². The molecule has 14 heavy (non-hydrogen) atoms. The second kappa shape index (κ2) is 4.14. The van der Waals surface area contributed by atoms with Gasteiger partial charge in [0.25, 0.3) is 0 Å². The van der Waals surface area contributed by atoms with Gasteiger partial charge in [0.05, 0.1) is 6.42 Å². The molecule has 0 aliphatic rings. The molecule has 0 spiro atoms. The Hall–Kier alpha value is -1.50. The molecule has 0 saturated heterocycles. The fraction of sp³-hybridized carbons (Fsp3) is 0.300. The molecule has 0 fully saturated rings. The number of hydrogen-bond donors (Lipinski definition) is 0. The van der Waals surface area contributed by atoms with Crippen LogP contribution in [0.5, 0.6) is 0 Å². The van der Waals surface area contributed by atoms with Gasteiger partial charge in [-0.3, -0.25) is 0 Å². The average molecular weight is 199 g/mol. The summed E-state index contributed by atoms with van der Waals surface area (Å²) in [6.45, 7) is 6.47. The normalized spacial score (nSPS) is 13.3. The maximum Gasteiger partial charge on any atom is 0.466 e. The van der Waals surface area contributed by atoms with Gasteiger partial charge in [0.15, 0.2) is 0 Å². The lowest BCUT2D eigenvalue weighted by Gasteiger charge is -2.08. The zero-order chi connectivity index (χ0) is 10.6. The molecule has 1 atom stereocenters. The van der Waals surface area contributed by atoms with Crippen LogP contribution in [0.25, 0.3) is 4.85 Å². The first-order valence-corrected chi connectivity index (χ1v) is 4.01. The van der Waals surface area contributed by atoms with Crippen LogP contribution in [0.2, 0.25) is 0 Å². The van der Waals surface area contributed by atoms with Gasteiger partial charge in [-0.15, -0.1) is 0 Å². The monoisotopic (exact) mass is 199 g/mol. The highest BCUT2D eigenvalue weighted by Gasteiger charge is 2.45. The molecule has 0 aliphatic heterocycles. The number of nitrogens with zero attached hydrogens (tertiary/aromatic N) is 1. The van der Waals surface area contributed by atoms with E-state index in [1.54, 1.807) is 30.3 Å². The van der Waals surface area contributed by atoms with Gasteiger partial charge in [0.1, 0.15) is 0 Å². The maximum atomic E-state index is 12.2. The molecular weight excluding hydrogens is 191 g/mol. The van der Waals surface area contributed by atoms with E-state index in [4.69, 9.17) is 6.57 Å². The summed E-state index contributed by atoms with van der Waals surface area (Å²) < 4.78 is 36.6. The van der Waals surface area contributed by atoms with Gasteiger partial charge >= 0.3 is 12.2 Å². The Kier molecular flexibility index (Phi) is 3.13. The molecule has 4 heteroatoms. The van der Waals surface area contributed by atoms with Gasteiger partial charge in [0, 0.05) is 0 Å². The van der Waals surface area contributed by atoms with Crippen LogP contribution < -0.4 is 0 Å². The minimum atomic E-state index is -4.43. The summed E-state index contributed by atoms with van der Waals surface area (Å²) in [7, 11) is 0. The van der Waals surface area contributed by atoms with Crippen LogP contribution in [-0.2, 0) is 6.42 Å². The summed E-state index contributed by atoms with van der Waals surface area (Å²) in [5.41, 5.74) is 0.533. The molecular formula is C10H8F3N. The molecule has 0 aliphatic carbocycles. The predicted octanol–water partition coefficient (Wildman–Crippen LogP) is 3.08. The van der Waals surface area contributed by atoms with Gasteiger partial charge in [-0.05, 0) is 5.56 Å². The second-order valence-corrected chi connectivity index (χ2v) is 2.88. The third-order valence-corrected chi connectivity index (χ3v) is 1.81. The molecule has 1 rings (SSSR count). The number of hydrogen-bond acceptors (Lipinski definition) is 0. The van der Waals surface area contributed by atoms with Crippen molar-refractivity contribution in [3.63, 3.8) is 0 Å². The zero-order valence-corrected chi connectivity index (χ0v) is 7.25. The Morgan fingerprint density at radius 3 is 2.21 bits per heavy atom. The van der Waals surface area contributed by atoms with E-state index < -0.39 is 12.2 Å². The third-order valence-electron chi connectivity index (χ3n) is 1.81. The van der Waals surface area contributed by atoms with Crippen LogP contribution in [0.4, 0.5) is 13.2 Å². The molecule has 1 nitrogen and oxygen atoms in total. The predicted molar refractivity (Wildman–Crippen MR) is 46.6 cm³/mol. The number of alkyl halides is 3. The topological polar surface area (TPSA) is 4.36 Å². The van der Waals surface area contributed by atoms with Gasteiger partial charge in [-0.1, -0.05) is 30.3 Å². The van der Waals surface area contributed by atoms with E-state index in [1.165, 1.54) is 0 Å². The fourth-order valence-electron chi connectivity index (χ4n) is 1.07. The highest BCUT2D eigenvalue weighted by atomic mass is 19.4. The van der Waals surface area contributed by atoms with E-state index in [2.05, 4.69) is 4.85 Å². The van der Waals surface area contributed by atoms with Gasteiger partial charge in [0.2, 0.25) is 0 Å². The van der Waals surface area contributed by atoms with E-state index in [0.717, 1.165) is 0 Å². The van der Waals surface area contributed by atoms with Crippen LogP contribution in [0.15, 0.2) is 30.3 Å². The van der Waals surface area contributed by atoms with Crippen LogP contribution in [0.3, 0.4) is 0 Å². The maximum absolute atomic E-state index is 12.2. The van der Waals surface area contributed by atoms with Gasteiger partial charge in [-0.25, -0.2) is 6.57 Å². The first-order chi connectivity index (χ1) is 6.54. The first-order valence-electron chi connectivity index (χ1n) is 4.01. The molecule has 1 unspecified atom stereocenters. The lowest BCUT2D eigenvalue weighted by molar-refractivity contribution is -0.138. The highest BCUT2D eigenvalue weighted by Crippen LogP contribution is 2.25. The molecule has 1 aromatic rings.